The maximum atomic E-state index is 4.94. The minimum Gasteiger partial charge on any atom is -0.357 e. The summed E-state index contributed by atoms with van der Waals surface area (Å²) in [6.07, 6.45) is 4.06. The molecule has 0 aliphatic rings. The first-order valence-electron chi connectivity index (χ1n) is 18.6. The van der Waals surface area contributed by atoms with E-state index >= 15 is 0 Å². The molecule has 272 valence electrons. The first-order chi connectivity index (χ1) is 27.1. The van der Waals surface area contributed by atoms with Crippen LogP contribution in [0.4, 0.5) is 17.1 Å². The van der Waals surface area contributed by atoms with Gasteiger partial charge in [0.1, 0.15) is 11.5 Å². The summed E-state index contributed by atoms with van der Waals surface area (Å²) in [6.45, 7) is 4.35. The van der Waals surface area contributed by atoms with Gasteiger partial charge in [-0.3, -0.25) is 0 Å². The molecule has 0 radical (unpaired) electrons. The molecule has 0 spiro atoms. The van der Waals surface area contributed by atoms with Gasteiger partial charge in [-0.1, -0.05) is 120 Å². The van der Waals surface area contributed by atoms with Crippen molar-refractivity contribution in [1.82, 2.24) is 18.7 Å². The van der Waals surface area contributed by atoms with E-state index in [1.807, 2.05) is 12.3 Å². The summed E-state index contributed by atoms with van der Waals surface area (Å²) in [5.74, 6) is 0.847. The molecule has 10 aromatic rings. The van der Waals surface area contributed by atoms with Gasteiger partial charge < -0.3 is 9.47 Å². The maximum absolute atomic E-state index is 4.94. The number of fused-ring (bicyclic) bond motifs is 4. The van der Waals surface area contributed by atoms with Gasteiger partial charge in [0, 0.05) is 56.3 Å². The van der Waals surface area contributed by atoms with Crippen molar-refractivity contribution >= 4 is 49.9 Å². The van der Waals surface area contributed by atoms with Crippen LogP contribution in [-0.4, -0.2) is 18.7 Å². The maximum Gasteiger partial charge on any atom is 0.168 e. The first kappa shape index (κ1) is 35.2. The van der Waals surface area contributed by atoms with E-state index < -0.39 is 0 Å². The SMILES string of the molecule is Cc1cccc(C)c1N(c1[c-]c(-n2[cH+]n(-c3ccccc3)c3ccccc32)ccc1)c1[c-]c2c(cc1)c1ccccc1n2-c1cc(-c2ccccc2)ccn1.[Pt]. The van der Waals surface area contributed by atoms with Crippen LogP contribution in [0.5, 0.6) is 0 Å². The number of aryl methyl sites for hydroxylation is 2. The monoisotopic (exact) mass is 901 g/mol. The van der Waals surface area contributed by atoms with Crippen LogP contribution in [0.25, 0.3) is 61.2 Å². The molecule has 0 fully saturated rings. The van der Waals surface area contributed by atoms with Gasteiger partial charge >= 0.3 is 0 Å². The van der Waals surface area contributed by atoms with Gasteiger partial charge in [0.05, 0.1) is 0 Å². The summed E-state index contributed by atoms with van der Waals surface area (Å²) < 4.78 is 6.71. The van der Waals surface area contributed by atoms with Gasteiger partial charge in [-0.05, 0) is 71.8 Å². The molecule has 6 heteroatoms. The largest absolute Gasteiger partial charge is 0.357 e. The van der Waals surface area contributed by atoms with Crippen molar-refractivity contribution in [3.05, 3.63) is 206 Å². The summed E-state index contributed by atoms with van der Waals surface area (Å²) in [7, 11) is 0. The Balaban J connectivity index is 0.00000410. The molecule has 3 aromatic heterocycles. The van der Waals surface area contributed by atoms with Crippen LogP contribution in [0.1, 0.15) is 11.1 Å². The van der Waals surface area contributed by atoms with Crippen LogP contribution in [0.2, 0.25) is 0 Å². The molecule has 0 saturated heterocycles. The van der Waals surface area contributed by atoms with Gasteiger partial charge in [0.2, 0.25) is 0 Å². The van der Waals surface area contributed by atoms with Crippen LogP contribution in [0.3, 0.4) is 0 Å². The van der Waals surface area contributed by atoms with Gasteiger partial charge in [-0.2, -0.15) is 16.7 Å². The molecular weight excluding hydrogens is 866 g/mol. The standard InChI is InChI=1S/C50H36N5.Pt/c1-35-15-13-16-36(2)50(35)54(41-22-14-21-40(32-41)53-34-52(39-19-7-4-8-20-39)46-25-11-12-26-47(46)53)42-27-28-44-43-23-9-10-24-45(43)55(48(44)33-42)49-31-38(29-30-51-49)37-17-5-3-6-18-37;/h3-31,34H,1-2H3;/q-1;. The summed E-state index contributed by atoms with van der Waals surface area (Å²) in [4.78, 5) is 7.24. The number of nitrogens with zero attached hydrogens (tertiary/aromatic N) is 5. The molecule has 7 aromatic carbocycles. The number of hydrogen-bond donors (Lipinski definition) is 0. The molecule has 0 unspecified atom stereocenters. The molecule has 5 nitrogen and oxygen atoms in total. The summed E-state index contributed by atoms with van der Waals surface area (Å²) >= 11 is 0. The Hall–Kier alpha value is -6.55. The van der Waals surface area contributed by atoms with Crippen molar-refractivity contribution in [2.24, 2.45) is 0 Å². The number of benzene rings is 7. The number of para-hydroxylation sites is 5. The zero-order valence-electron chi connectivity index (χ0n) is 30.9. The molecule has 0 atom stereocenters. The number of anilines is 3. The van der Waals surface area contributed by atoms with E-state index in [1.54, 1.807) is 0 Å². The summed E-state index contributed by atoms with van der Waals surface area (Å²) in [5.41, 5.74) is 13.8. The molecule has 0 aliphatic heterocycles. The average Bonchev–Trinajstić information content (AvgIpc) is 3.79. The second-order valence-corrected chi connectivity index (χ2v) is 13.9. The Morgan fingerprint density at radius 1 is 0.536 bits per heavy atom. The van der Waals surface area contributed by atoms with E-state index in [0.717, 1.165) is 78.2 Å². The number of imidazole rings is 1. The van der Waals surface area contributed by atoms with Crippen molar-refractivity contribution in [3.8, 4) is 28.3 Å². The van der Waals surface area contributed by atoms with E-state index in [-0.39, 0.29) is 21.1 Å². The van der Waals surface area contributed by atoms with Crippen LogP contribution < -0.4 is 4.90 Å². The Morgan fingerprint density at radius 3 is 1.95 bits per heavy atom. The van der Waals surface area contributed by atoms with Crippen molar-refractivity contribution < 1.29 is 21.1 Å². The molecule has 0 bridgehead atoms. The average molecular weight is 902 g/mol. The molecule has 0 amide bonds. The molecule has 10 rings (SSSR count). The predicted molar refractivity (Wildman–Crippen MR) is 226 cm³/mol. The zero-order valence-corrected chi connectivity index (χ0v) is 33.1. The molecule has 0 N–H and O–H groups in total. The molecule has 0 saturated carbocycles. The Morgan fingerprint density at radius 2 is 1.18 bits per heavy atom. The quantitative estimate of drug-likeness (QED) is 0.149. The number of aromatic nitrogens is 4. The summed E-state index contributed by atoms with van der Waals surface area (Å²) in [5, 5.41) is 2.28. The molecule has 56 heavy (non-hydrogen) atoms. The first-order valence-corrected chi connectivity index (χ1v) is 18.6. The van der Waals surface area contributed by atoms with Crippen molar-refractivity contribution in [2.45, 2.75) is 13.8 Å². The summed E-state index contributed by atoms with van der Waals surface area (Å²) in [6, 6.07) is 67.3. The van der Waals surface area contributed by atoms with E-state index in [1.165, 1.54) is 11.1 Å². The third kappa shape index (κ3) is 6.02. The van der Waals surface area contributed by atoms with Gasteiger partial charge in [-0.15, -0.1) is 29.7 Å². The van der Waals surface area contributed by atoms with Crippen molar-refractivity contribution in [2.75, 3.05) is 4.90 Å². The van der Waals surface area contributed by atoms with Gasteiger partial charge in [0.25, 0.3) is 0 Å². The molecular formula is C50H36N5Pt-. The van der Waals surface area contributed by atoms with E-state index in [2.05, 4.69) is 215 Å². The number of pyridine rings is 1. The van der Waals surface area contributed by atoms with Crippen LogP contribution in [0, 0.1) is 26.0 Å². The second-order valence-electron chi connectivity index (χ2n) is 13.9. The van der Waals surface area contributed by atoms with Crippen LogP contribution in [-0.2, 0) is 21.1 Å². The van der Waals surface area contributed by atoms with Crippen LogP contribution >= 0.6 is 0 Å². The Kier molecular flexibility index (Phi) is 9.17. The number of rotatable bonds is 7. The molecule has 0 aliphatic carbocycles. The van der Waals surface area contributed by atoms with E-state index in [0.29, 0.717) is 0 Å². The fourth-order valence-electron chi connectivity index (χ4n) is 7.94. The minimum atomic E-state index is 0. The van der Waals surface area contributed by atoms with Crippen LogP contribution in [0.15, 0.2) is 182 Å². The fraction of sp³-hybridized carbons (Fsp3) is 0.0400. The van der Waals surface area contributed by atoms with Crippen molar-refractivity contribution in [3.63, 3.8) is 0 Å². The van der Waals surface area contributed by atoms with Gasteiger partial charge in [-0.25, -0.2) is 9.55 Å². The predicted octanol–water partition coefficient (Wildman–Crippen LogP) is 12.5. The van der Waals surface area contributed by atoms with E-state index in [9.17, 15) is 0 Å². The minimum absolute atomic E-state index is 0. The van der Waals surface area contributed by atoms with Gasteiger partial charge in [0.15, 0.2) is 17.4 Å². The fourth-order valence-corrected chi connectivity index (χ4v) is 7.94. The Labute approximate surface area is 340 Å². The normalized spacial score (nSPS) is 11.2. The van der Waals surface area contributed by atoms with Crippen molar-refractivity contribution in [1.29, 1.82) is 0 Å². The van der Waals surface area contributed by atoms with E-state index in [4.69, 9.17) is 4.98 Å². The smallest absolute Gasteiger partial charge is 0.168 e. The third-order valence-corrected chi connectivity index (χ3v) is 10.5. The second kappa shape index (κ2) is 14.6. The Bertz CT molecular complexity index is 3000. The molecule has 3 heterocycles. The third-order valence-electron chi connectivity index (χ3n) is 10.5. The number of hydrogen-bond acceptors (Lipinski definition) is 2. The topological polar surface area (TPSA) is 30.9 Å². The zero-order chi connectivity index (χ0) is 36.9.